The molecule has 27 heavy (non-hydrogen) atoms. The minimum Gasteiger partial charge on any atom is -0.335 e. The highest BCUT2D eigenvalue weighted by atomic mass is 16.2. The zero-order valence-corrected chi connectivity index (χ0v) is 15.6. The lowest BCUT2D eigenvalue weighted by Gasteiger charge is -2.18. The first-order chi connectivity index (χ1) is 13.2. The Morgan fingerprint density at radius 3 is 2.81 bits per heavy atom. The molecule has 1 aliphatic heterocycles. The lowest BCUT2D eigenvalue weighted by molar-refractivity contribution is 0.0752. The summed E-state index contributed by atoms with van der Waals surface area (Å²) in [5.74, 6) is 1.89. The molecule has 0 saturated carbocycles. The molecule has 0 unspecified atom stereocenters. The summed E-state index contributed by atoms with van der Waals surface area (Å²) in [4.78, 5) is 14.7. The van der Waals surface area contributed by atoms with Gasteiger partial charge in [-0.15, -0.1) is 10.2 Å². The number of amides is 1. The Bertz CT molecular complexity index is 914. The number of carbonyl (C=O) groups is 1. The zero-order valence-electron chi connectivity index (χ0n) is 15.6. The predicted molar refractivity (Wildman–Crippen MR) is 101 cm³/mol. The number of aromatic amines is 1. The van der Waals surface area contributed by atoms with Crippen molar-refractivity contribution in [2.24, 2.45) is 0 Å². The van der Waals surface area contributed by atoms with Crippen molar-refractivity contribution in [1.29, 1.82) is 0 Å². The van der Waals surface area contributed by atoms with Crippen LogP contribution in [0.2, 0.25) is 0 Å². The van der Waals surface area contributed by atoms with Gasteiger partial charge >= 0.3 is 0 Å². The highest BCUT2D eigenvalue weighted by Gasteiger charge is 2.24. The molecule has 140 valence electrons. The standard InChI is InChI=1S/C20H24N6O/c1-2-6-16-14-17(22-21-16)20(27)25-10-9-18-23-24-19(26(18)12-11-25)13-15-7-4-3-5-8-15/h3-5,7-8,14H,2,6,9-13H2,1H3,(H,21,22). The van der Waals surface area contributed by atoms with Crippen LogP contribution in [0.25, 0.3) is 0 Å². The van der Waals surface area contributed by atoms with Crippen LogP contribution >= 0.6 is 0 Å². The normalized spacial score (nSPS) is 14.0. The van der Waals surface area contributed by atoms with Gasteiger partial charge in [0.1, 0.15) is 17.3 Å². The molecule has 7 nitrogen and oxygen atoms in total. The molecule has 3 heterocycles. The highest BCUT2D eigenvalue weighted by molar-refractivity contribution is 5.92. The van der Waals surface area contributed by atoms with Gasteiger partial charge in [-0.3, -0.25) is 9.89 Å². The number of fused-ring (bicyclic) bond motifs is 1. The predicted octanol–water partition coefficient (Wildman–Crippen LogP) is 2.24. The Balaban J connectivity index is 1.46. The van der Waals surface area contributed by atoms with Gasteiger partial charge < -0.3 is 9.47 Å². The number of nitrogens with zero attached hydrogens (tertiary/aromatic N) is 5. The Morgan fingerprint density at radius 1 is 1.15 bits per heavy atom. The van der Waals surface area contributed by atoms with Crippen molar-refractivity contribution in [2.45, 2.75) is 39.2 Å². The summed E-state index contributed by atoms with van der Waals surface area (Å²) in [5, 5.41) is 15.9. The van der Waals surface area contributed by atoms with Gasteiger partial charge in [0.25, 0.3) is 5.91 Å². The molecule has 4 rings (SSSR count). The fraction of sp³-hybridized carbons (Fsp3) is 0.400. The molecule has 2 aromatic heterocycles. The van der Waals surface area contributed by atoms with Crippen LogP contribution < -0.4 is 0 Å². The van der Waals surface area contributed by atoms with E-state index < -0.39 is 0 Å². The molecule has 1 aliphatic rings. The van der Waals surface area contributed by atoms with Crippen molar-refractivity contribution < 1.29 is 4.79 Å². The largest absolute Gasteiger partial charge is 0.335 e. The van der Waals surface area contributed by atoms with Crippen LogP contribution in [-0.2, 0) is 25.8 Å². The maximum atomic E-state index is 12.8. The lowest BCUT2D eigenvalue weighted by Crippen LogP contribution is -2.34. The number of H-pyrrole nitrogens is 1. The van der Waals surface area contributed by atoms with Gasteiger partial charge in [-0.05, 0) is 18.1 Å². The topological polar surface area (TPSA) is 79.7 Å². The van der Waals surface area contributed by atoms with E-state index in [1.165, 1.54) is 5.56 Å². The Hall–Kier alpha value is -2.96. The van der Waals surface area contributed by atoms with Crippen LogP contribution in [0.3, 0.4) is 0 Å². The summed E-state index contributed by atoms with van der Waals surface area (Å²) < 4.78 is 2.16. The zero-order chi connectivity index (χ0) is 18.6. The minimum absolute atomic E-state index is 0.0167. The second-order valence-electron chi connectivity index (χ2n) is 6.92. The lowest BCUT2D eigenvalue weighted by atomic mass is 10.1. The van der Waals surface area contributed by atoms with E-state index >= 15 is 0 Å². The SMILES string of the molecule is CCCc1cc(C(=O)N2CCc3nnc(Cc4ccccc4)n3CC2)n[nH]1. The number of hydrogen-bond acceptors (Lipinski definition) is 4. The summed E-state index contributed by atoms with van der Waals surface area (Å²) >= 11 is 0. The smallest absolute Gasteiger partial charge is 0.274 e. The van der Waals surface area contributed by atoms with E-state index in [-0.39, 0.29) is 5.91 Å². The molecule has 3 aromatic rings. The number of aromatic nitrogens is 5. The fourth-order valence-electron chi connectivity index (χ4n) is 3.53. The molecular weight excluding hydrogens is 340 g/mol. The van der Waals surface area contributed by atoms with Crippen LogP contribution in [-0.4, -0.2) is 48.9 Å². The Kier molecular flexibility index (Phi) is 5.00. The number of rotatable bonds is 5. The first-order valence-corrected chi connectivity index (χ1v) is 9.53. The highest BCUT2D eigenvalue weighted by Crippen LogP contribution is 2.15. The van der Waals surface area contributed by atoms with Crippen LogP contribution in [0.5, 0.6) is 0 Å². The van der Waals surface area contributed by atoms with Crippen molar-refractivity contribution in [1.82, 2.24) is 29.9 Å². The first-order valence-electron chi connectivity index (χ1n) is 9.53. The Labute approximate surface area is 158 Å². The van der Waals surface area contributed by atoms with Gasteiger partial charge in [0.05, 0.1) is 0 Å². The van der Waals surface area contributed by atoms with Crippen LogP contribution in [0, 0.1) is 0 Å². The van der Waals surface area contributed by atoms with E-state index in [2.05, 4.69) is 44.0 Å². The number of benzene rings is 1. The van der Waals surface area contributed by atoms with Crippen LogP contribution in [0.1, 0.15) is 46.7 Å². The van der Waals surface area contributed by atoms with Crippen molar-refractivity contribution in [3.63, 3.8) is 0 Å². The average Bonchev–Trinajstić information content (AvgIpc) is 3.24. The minimum atomic E-state index is -0.0167. The molecule has 0 saturated heterocycles. The van der Waals surface area contributed by atoms with Crippen molar-refractivity contribution in [3.05, 3.63) is 65.0 Å². The number of hydrogen-bond donors (Lipinski definition) is 1. The maximum Gasteiger partial charge on any atom is 0.274 e. The molecule has 0 aliphatic carbocycles. The summed E-state index contributed by atoms with van der Waals surface area (Å²) in [7, 11) is 0. The number of carbonyl (C=O) groups excluding carboxylic acids is 1. The molecule has 1 N–H and O–H groups in total. The van der Waals surface area contributed by atoms with E-state index in [0.29, 0.717) is 31.7 Å². The second kappa shape index (κ2) is 7.73. The molecule has 7 heteroatoms. The molecule has 0 fully saturated rings. The van der Waals surface area contributed by atoms with E-state index in [0.717, 1.165) is 36.6 Å². The quantitative estimate of drug-likeness (QED) is 0.753. The second-order valence-corrected chi connectivity index (χ2v) is 6.92. The van der Waals surface area contributed by atoms with Gasteiger partial charge in [0, 0.05) is 38.2 Å². The summed E-state index contributed by atoms with van der Waals surface area (Å²) in [6, 6.07) is 12.1. The molecule has 0 bridgehead atoms. The molecule has 1 amide bonds. The average molecular weight is 364 g/mol. The van der Waals surface area contributed by atoms with Crippen molar-refractivity contribution in [3.8, 4) is 0 Å². The molecule has 0 radical (unpaired) electrons. The third-order valence-corrected chi connectivity index (χ3v) is 4.96. The van der Waals surface area contributed by atoms with Crippen LogP contribution in [0.4, 0.5) is 0 Å². The molecule has 0 atom stereocenters. The summed E-state index contributed by atoms with van der Waals surface area (Å²) in [6.07, 6.45) is 3.39. The van der Waals surface area contributed by atoms with Gasteiger partial charge in [0.15, 0.2) is 0 Å². The third-order valence-electron chi connectivity index (χ3n) is 4.96. The molecule has 0 spiro atoms. The Morgan fingerprint density at radius 2 is 2.00 bits per heavy atom. The van der Waals surface area contributed by atoms with Gasteiger partial charge in [0.2, 0.25) is 0 Å². The van der Waals surface area contributed by atoms with Crippen molar-refractivity contribution >= 4 is 5.91 Å². The van der Waals surface area contributed by atoms with E-state index in [1.54, 1.807) is 0 Å². The van der Waals surface area contributed by atoms with E-state index in [4.69, 9.17) is 0 Å². The number of aryl methyl sites for hydroxylation is 1. The first kappa shape index (κ1) is 17.5. The summed E-state index contributed by atoms with van der Waals surface area (Å²) in [6.45, 7) is 4.10. The fourth-order valence-corrected chi connectivity index (χ4v) is 3.53. The third kappa shape index (κ3) is 3.77. The number of nitrogens with one attached hydrogen (secondary N) is 1. The van der Waals surface area contributed by atoms with E-state index in [1.807, 2.05) is 29.2 Å². The monoisotopic (exact) mass is 364 g/mol. The summed E-state index contributed by atoms with van der Waals surface area (Å²) in [5.41, 5.74) is 2.73. The van der Waals surface area contributed by atoms with Crippen molar-refractivity contribution in [2.75, 3.05) is 13.1 Å². The van der Waals surface area contributed by atoms with Gasteiger partial charge in [-0.25, -0.2) is 0 Å². The van der Waals surface area contributed by atoms with E-state index in [9.17, 15) is 4.79 Å². The van der Waals surface area contributed by atoms with Crippen LogP contribution in [0.15, 0.2) is 36.4 Å². The van der Waals surface area contributed by atoms with Gasteiger partial charge in [-0.1, -0.05) is 43.7 Å². The molecular formula is C20H24N6O. The maximum absolute atomic E-state index is 12.8. The molecule has 1 aromatic carbocycles. The van der Waals surface area contributed by atoms with Gasteiger partial charge in [-0.2, -0.15) is 5.10 Å².